The Balaban J connectivity index is 4.39. The van der Waals surface area contributed by atoms with E-state index in [-0.39, 0.29) is 31.1 Å². The first-order chi connectivity index (χ1) is 32.0. The van der Waals surface area contributed by atoms with E-state index in [1.54, 1.807) is 0 Å². The highest BCUT2D eigenvalue weighted by molar-refractivity contribution is 5.71. The van der Waals surface area contributed by atoms with Gasteiger partial charge in [-0.1, -0.05) is 217 Å². The summed E-state index contributed by atoms with van der Waals surface area (Å²) >= 11 is 0. The quantitative estimate of drug-likeness (QED) is 0.0262. The number of ether oxygens (including phenoxy) is 3. The van der Waals surface area contributed by atoms with Crippen LogP contribution >= 0.6 is 0 Å². The smallest absolute Gasteiger partial charge is 0.306 e. The summed E-state index contributed by atoms with van der Waals surface area (Å²) in [6.45, 7) is 6.60. The molecule has 0 radical (unpaired) electrons. The molecular weight excluding hydrogens is 805 g/mol. The van der Waals surface area contributed by atoms with E-state index in [0.29, 0.717) is 19.3 Å². The first-order valence-electron chi connectivity index (χ1n) is 28.1. The second-order valence-corrected chi connectivity index (χ2v) is 18.8. The molecule has 0 saturated heterocycles. The van der Waals surface area contributed by atoms with Gasteiger partial charge in [0.25, 0.3) is 0 Å². The molecule has 6 heteroatoms. The second kappa shape index (κ2) is 54.0. The number of carbonyl (C=O) groups is 3. The highest BCUT2D eigenvalue weighted by Gasteiger charge is 2.19. The molecule has 65 heavy (non-hydrogen) atoms. The zero-order valence-electron chi connectivity index (χ0n) is 43.3. The van der Waals surface area contributed by atoms with E-state index in [1.165, 1.54) is 167 Å². The number of rotatable bonds is 51. The van der Waals surface area contributed by atoms with E-state index in [2.05, 4.69) is 69.4 Å². The maximum absolute atomic E-state index is 12.8. The number of allylic oxidation sites excluding steroid dienone is 8. The lowest BCUT2D eigenvalue weighted by Crippen LogP contribution is -2.30. The highest BCUT2D eigenvalue weighted by Crippen LogP contribution is 2.15. The zero-order valence-corrected chi connectivity index (χ0v) is 43.3. The summed E-state index contributed by atoms with van der Waals surface area (Å²) in [6.07, 6.45) is 65.2. The molecule has 6 nitrogen and oxygen atoms in total. The molecular formula is C59H106O6. The summed E-state index contributed by atoms with van der Waals surface area (Å²) in [7, 11) is 0. The molecule has 0 fully saturated rings. The lowest BCUT2D eigenvalue weighted by molar-refractivity contribution is -0.167. The molecule has 0 N–H and O–H groups in total. The molecule has 0 aliphatic rings. The second-order valence-electron chi connectivity index (χ2n) is 18.8. The van der Waals surface area contributed by atoms with Crippen LogP contribution in [0.2, 0.25) is 0 Å². The number of hydrogen-bond acceptors (Lipinski definition) is 6. The molecule has 0 heterocycles. The first-order valence-corrected chi connectivity index (χ1v) is 28.1. The minimum Gasteiger partial charge on any atom is -0.462 e. The van der Waals surface area contributed by atoms with Gasteiger partial charge in [-0.05, 0) is 103 Å². The van der Waals surface area contributed by atoms with Crippen molar-refractivity contribution in [3.8, 4) is 0 Å². The lowest BCUT2D eigenvalue weighted by Gasteiger charge is -2.18. The van der Waals surface area contributed by atoms with Gasteiger partial charge in [0.1, 0.15) is 13.2 Å². The van der Waals surface area contributed by atoms with Gasteiger partial charge in [0.15, 0.2) is 6.10 Å². The lowest BCUT2D eigenvalue weighted by atomic mass is 10.1. The van der Waals surface area contributed by atoms with Gasteiger partial charge >= 0.3 is 17.9 Å². The molecule has 378 valence electrons. The van der Waals surface area contributed by atoms with Crippen LogP contribution in [0.5, 0.6) is 0 Å². The summed E-state index contributed by atoms with van der Waals surface area (Å²) in [5, 5.41) is 0. The van der Waals surface area contributed by atoms with Crippen molar-refractivity contribution in [3.05, 3.63) is 48.6 Å². The Labute approximate surface area is 403 Å². The molecule has 0 spiro atoms. The van der Waals surface area contributed by atoms with Gasteiger partial charge in [0.05, 0.1) is 0 Å². The average molecular weight is 911 g/mol. The molecule has 0 aromatic carbocycles. The Bertz CT molecular complexity index is 1140. The predicted octanol–water partition coefficient (Wildman–Crippen LogP) is 18.7. The Morgan fingerprint density at radius 2 is 0.554 bits per heavy atom. The Kier molecular flexibility index (Phi) is 51.8. The van der Waals surface area contributed by atoms with E-state index in [9.17, 15) is 14.4 Å². The maximum atomic E-state index is 12.8. The summed E-state index contributed by atoms with van der Waals surface area (Å²) in [4.78, 5) is 38.1. The topological polar surface area (TPSA) is 78.9 Å². The van der Waals surface area contributed by atoms with E-state index >= 15 is 0 Å². The third kappa shape index (κ3) is 52.2. The van der Waals surface area contributed by atoms with E-state index in [0.717, 1.165) is 83.5 Å². The normalized spacial score (nSPS) is 12.4. The molecule has 0 rings (SSSR count). The highest BCUT2D eigenvalue weighted by atomic mass is 16.6. The Morgan fingerprint density at radius 3 is 0.908 bits per heavy atom. The van der Waals surface area contributed by atoms with Crippen molar-refractivity contribution in [2.75, 3.05) is 13.2 Å². The molecule has 0 aromatic rings. The summed E-state index contributed by atoms with van der Waals surface area (Å²) in [5.74, 6) is -0.893. The maximum Gasteiger partial charge on any atom is 0.306 e. The molecule has 0 aliphatic carbocycles. The minimum atomic E-state index is -0.783. The fourth-order valence-corrected chi connectivity index (χ4v) is 7.99. The molecule has 0 amide bonds. The molecule has 0 bridgehead atoms. The minimum absolute atomic E-state index is 0.0812. The van der Waals surface area contributed by atoms with E-state index in [1.807, 2.05) is 0 Å². The number of carbonyl (C=O) groups excluding carboxylic acids is 3. The Morgan fingerprint density at radius 1 is 0.308 bits per heavy atom. The number of hydrogen-bond donors (Lipinski definition) is 0. The van der Waals surface area contributed by atoms with Crippen molar-refractivity contribution in [1.82, 2.24) is 0 Å². The van der Waals surface area contributed by atoms with Crippen LogP contribution in [0.25, 0.3) is 0 Å². The SMILES string of the molecule is CCCCC/C=C/C/C=C/CCCCCCCC(=O)O[C@H](COC(=O)CCCCCCCCC/C=C/CCCCCC)COC(=O)CCCCCCCCC/C=C/CCCCCCCC. The van der Waals surface area contributed by atoms with Crippen molar-refractivity contribution >= 4 is 17.9 Å². The average Bonchev–Trinajstić information content (AvgIpc) is 3.30. The number of unbranched alkanes of at least 4 members (excludes halogenated alkanes) is 32. The third-order valence-electron chi connectivity index (χ3n) is 12.3. The van der Waals surface area contributed by atoms with Gasteiger partial charge in [0, 0.05) is 19.3 Å². The first kappa shape index (κ1) is 62.4. The van der Waals surface area contributed by atoms with Gasteiger partial charge in [-0.25, -0.2) is 0 Å². The van der Waals surface area contributed by atoms with Crippen LogP contribution in [-0.2, 0) is 28.6 Å². The molecule has 0 aromatic heterocycles. The predicted molar refractivity (Wildman–Crippen MR) is 279 cm³/mol. The number of esters is 3. The van der Waals surface area contributed by atoms with E-state index in [4.69, 9.17) is 14.2 Å². The van der Waals surface area contributed by atoms with Gasteiger partial charge in [-0.3, -0.25) is 14.4 Å². The third-order valence-corrected chi connectivity index (χ3v) is 12.3. The summed E-state index contributed by atoms with van der Waals surface area (Å²) < 4.78 is 16.8. The van der Waals surface area contributed by atoms with Crippen LogP contribution in [-0.4, -0.2) is 37.2 Å². The van der Waals surface area contributed by atoms with Crippen molar-refractivity contribution in [2.45, 2.75) is 297 Å². The van der Waals surface area contributed by atoms with Gasteiger partial charge in [0.2, 0.25) is 0 Å². The van der Waals surface area contributed by atoms with Crippen LogP contribution in [0.15, 0.2) is 48.6 Å². The molecule has 0 unspecified atom stereocenters. The van der Waals surface area contributed by atoms with Gasteiger partial charge in [-0.15, -0.1) is 0 Å². The fraction of sp³-hybridized carbons (Fsp3) is 0.814. The molecule has 1 atom stereocenters. The zero-order chi connectivity index (χ0) is 47.2. The standard InChI is InChI=1S/C59H106O6/c1-4-7-10-13-16-19-22-25-28-29-32-34-37-40-43-46-49-52-58(61)64-55-56(65-59(62)53-50-47-44-41-38-35-31-27-24-21-18-15-12-9-6-3)54-63-57(60)51-48-45-42-39-36-33-30-26-23-20-17-14-11-8-5-2/h18,20-21,23,25,27-28,31,56H,4-17,19,22,24,26,29-30,32-55H2,1-3H3/b21-18+,23-20+,28-25+,31-27+/t56-/m1/s1. The van der Waals surface area contributed by atoms with Crippen molar-refractivity contribution in [2.24, 2.45) is 0 Å². The van der Waals surface area contributed by atoms with Crippen LogP contribution < -0.4 is 0 Å². The van der Waals surface area contributed by atoms with Crippen LogP contribution in [0.1, 0.15) is 290 Å². The van der Waals surface area contributed by atoms with Crippen molar-refractivity contribution in [3.63, 3.8) is 0 Å². The summed E-state index contributed by atoms with van der Waals surface area (Å²) in [6, 6.07) is 0. The largest absolute Gasteiger partial charge is 0.462 e. The Hall–Kier alpha value is -2.63. The van der Waals surface area contributed by atoms with Gasteiger partial charge in [-0.2, -0.15) is 0 Å². The molecule has 0 saturated carbocycles. The van der Waals surface area contributed by atoms with E-state index < -0.39 is 6.10 Å². The van der Waals surface area contributed by atoms with Crippen LogP contribution in [0.4, 0.5) is 0 Å². The fourth-order valence-electron chi connectivity index (χ4n) is 7.99. The van der Waals surface area contributed by atoms with Crippen molar-refractivity contribution in [1.29, 1.82) is 0 Å². The van der Waals surface area contributed by atoms with Gasteiger partial charge < -0.3 is 14.2 Å². The van der Waals surface area contributed by atoms with Crippen LogP contribution in [0, 0.1) is 0 Å². The monoisotopic (exact) mass is 911 g/mol. The summed E-state index contributed by atoms with van der Waals surface area (Å²) in [5.41, 5.74) is 0. The van der Waals surface area contributed by atoms with Crippen LogP contribution in [0.3, 0.4) is 0 Å². The van der Waals surface area contributed by atoms with Crippen molar-refractivity contribution < 1.29 is 28.6 Å². The molecule has 0 aliphatic heterocycles.